The van der Waals surface area contributed by atoms with E-state index in [1.807, 2.05) is 26.0 Å². The number of amides is 1. The van der Waals surface area contributed by atoms with Gasteiger partial charge in [0.05, 0.1) is 11.7 Å². The van der Waals surface area contributed by atoms with Crippen molar-refractivity contribution < 1.29 is 19.1 Å². The average Bonchev–Trinajstić information content (AvgIpc) is 2.92. The maximum atomic E-state index is 12.3. The highest BCUT2D eigenvalue weighted by atomic mass is 32.2. The fraction of sp³-hybridized carbons (Fsp3) is 0.286. The predicted molar refractivity (Wildman–Crippen MR) is 105 cm³/mol. The fourth-order valence-corrected chi connectivity index (χ4v) is 3.77. The van der Waals surface area contributed by atoms with Crippen LogP contribution in [0.2, 0.25) is 0 Å². The number of aryl methyl sites for hydroxylation is 2. The summed E-state index contributed by atoms with van der Waals surface area (Å²) < 4.78 is 5.12. The highest BCUT2D eigenvalue weighted by molar-refractivity contribution is 8.00. The molecule has 27 heavy (non-hydrogen) atoms. The Labute approximate surface area is 162 Å². The molecule has 6 heteroatoms. The summed E-state index contributed by atoms with van der Waals surface area (Å²) >= 11 is 1.40. The van der Waals surface area contributed by atoms with Crippen LogP contribution in [-0.2, 0) is 14.3 Å². The molecule has 0 bridgehead atoms. The van der Waals surface area contributed by atoms with Crippen molar-refractivity contribution in [1.29, 1.82) is 0 Å². The first-order chi connectivity index (χ1) is 12.8. The first-order valence-corrected chi connectivity index (χ1v) is 9.67. The van der Waals surface area contributed by atoms with Gasteiger partial charge < -0.3 is 10.1 Å². The van der Waals surface area contributed by atoms with Crippen LogP contribution < -0.4 is 5.32 Å². The number of carbonyl (C=O) groups is 3. The number of ether oxygens (including phenoxy) is 1. The van der Waals surface area contributed by atoms with Gasteiger partial charge in [-0.3, -0.25) is 14.4 Å². The molecule has 1 amide bonds. The SMILES string of the molecule is Cc1ccc(SCC(=O)OCC(=O)c2ccc3c(c2)[C@@H](C)C(=O)N3)c(C)c1. The molecule has 0 fully saturated rings. The van der Waals surface area contributed by atoms with E-state index in [0.29, 0.717) is 5.56 Å². The lowest BCUT2D eigenvalue weighted by atomic mass is 9.99. The van der Waals surface area contributed by atoms with E-state index in [9.17, 15) is 14.4 Å². The molecular formula is C21H21NO4S. The normalized spacial score (nSPS) is 15.2. The number of thioether (sulfide) groups is 1. The molecule has 0 unspecified atom stereocenters. The zero-order valence-corrected chi connectivity index (χ0v) is 16.3. The second-order valence-electron chi connectivity index (χ2n) is 6.65. The minimum atomic E-state index is -0.431. The van der Waals surface area contributed by atoms with Gasteiger partial charge in [0, 0.05) is 16.1 Å². The largest absolute Gasteiger partial charge is 0.457 e. The first-order valence-electron chi connectivity index (χ1n) is 8.69. The number of rotatable bonds is 6. The zero-order chi connectivity index (χ0) is 19.6. The van der Waals surface area contributed by atoms with Crippen LogP contribution in [0.3, 0.4) is 0 Å². The number of ketones is 1. The lowest BCUT2D eigenvalue weighted by Gasteiger charge is -2.08. The number of carbonyl (C=O) groups excluding carboxylic acids is 3. The Morgan fingerprint density at radius 1 is 1.15 bits per heavy atom. The summed E-state index contributed by atoms with van der Waals surface area (Å²) in [5.41, 5.74) is 4.24. The van der Waals surface area contributed by atoms with E-state index in [-0.39, 0.29) is 30.0 Å². The quantitative estimate of drug-likeness (QED) is 0.466. The van der Waals surface area contributed by atoms with E-state index in [1.165, 1.54) is 17.3 Å². The van der Waals surface area contributed by atoms with Crippen molar-refractivity contribution in [2.75, 3.05) is 17.7 Å². The van der Waals surface area contributed by atoms with Gasteiger partial charge in [-0.1, -0.05) is 17.7 Å². The standard InChI is InChI=1S/C21H21NO4S/c1-12-4-7-19(13(2)8-12)27-11-20(24)26-10-18(23)15-5-6-17-16(9-15)14(3)21(25)22-17/h4-9,14H,10-11H2,1-3H3,(H,22,25)/t14-/m1/s1. The summed E-state index contributed by atoms with van der Waals surface area (Å²) in [6, 6.07) is 11.1. The Kier molecular flexibility index (Phi) is 5.65. The van der Waals surface area contributed by atoms with Crippen molar-refractivity contribution >= 4 is 35.1 Å². The van der Waals surface area contributed by atoms with E-state index >= 15 is 0 Å². The van der Waals surface area contributed by atoms with E-state index in [0.717, 1.165) is 21.7 Å². The second-order valence-corrected chi connectivity index (χ2v) is 7.67. The van der Waals surface area contributed by atoms with Crippen LogP contribution in [0.4, 0.5) is 5.69 Å². The topological polar surface area (TPSA) is 72.5 Å². The zero-order valence-electron chi connectivity index (χ0n) is 15.5. The average molecular weight is 383 g/mol. The molecule has 0 aliphatic carbocycles. The lowest BCUT2D eigenvalue weighted by Crippen LogP contribution is -2.15. The van der Waals surface area contributed by atoms with E-state index < -0.39 is 5.97 Å². The first kappa shape index (κ1) is 19.2. The van der Waals surface area contributed by atoms with Crippen LogP contribution in [0.5, 0.6) is 0 Å². The third kappa shape index (κ3) is 4.39. The Morgan fingerprint density at radius 2 is 1.93 bits per heavy atom. The van der Waals surface area contributed by atoms with Crippen molar-refractivity contribution in [3.63, 3.8) is 0 Å². The summed E-state index contributed by atoms with van der Waals surface area (Å²) in [4.78, 5) is 37.0. The van der Waals surface area contributed by atoms with E-state index in [4.69, 9.17) is 4.74 Å². The molecule has 5 nitrogen and oxygen atoms in total. The number of hydrogen-bond donors (Lipinski definition) is 1. The summed E-state index contributed by atoms with van der Waals surface area (Å²) in [6.07, 6.45) is 0. The molecule has 3 rings (SSSR count). The summed E-state index contributed by atoms with van der Waals surface area (Å²) in [5, 5.41) is 2.77. The second kappa shape index (κ2) is 7.96. The lowest BCUT2D eigenvalue weighted by molar-refractivity contribution is -0.139. The Hall–Kier alpha value is -2.60. The third-order valence-corrected chi connectivity index (χ3v) is 5.68. The maximum Gasteiger partial charge on any atom is 0.316 e. The molecule has 1 atom stereocenters. The van der Waals surface area contributed by atoms with Crippen molar-refractivity contribution in [3.05, 3.63) is 58.7 Å². The van der Waals surface area contributed by atoms with Gasteiger partial charge in [0.15, 0.2) is 12.4 Å². The van der Waals surface area contributed by atoms with Gasteiger partial charge in [-0.05, 0) is 56.2 Å². The number of hydrogen-bond acceptors (Lipinski definition) is 5. The highest BCUT2D eigenvalue weighted by Gasteiger charge is 2.27. The Morgan fingerprint density at radius 3 is 2.67 bits per heavy atom. The number of fused-ring (bicyclic) bond motifs is 1. The number of anilines is 1. The number of benzene rings is 2. The molecule has 0 saturated carbocycles. The van der Waals surface area contributed by atoms with Crippen molar-refractivity contribution in [2.24, 2.45) is 0 Å². The van der Waals surface area contributed by atoms with Gasteiger partial charge in [-0.15, -0.1) is 11.8 Å². The molecule has 0 spiro atoms. The highest BCUT2D eigenvalue weighted by Crippen LogP contribution is 2.32. The van der Waals surface area contributed by atoms with Gasteiger partial charge in [0.25, 0.3) is 0 Å². The van der Waals surface area contributed by atoms with Gasteiger partial charge >= 0.3 is 5.97 Å². The summed E-state index contributed by atoms with van der Waals surface area (Å²) in [6.45, 7) is 5.51. The molecule has 2 aromatic rings. The van der Waals surface area contributed by atoms with Gasteiger partial charge in [0.1, 0.15) is 0 Å². The number of nitrogens with one attached hydrogen (secondary N) is 1. The fourth-order valence-electron chi connectivity index (χ4n) is 2.96. The van der Waals surface area contributed by atoms with Gasteiger partial charge in [-0.2, -0.15) is 0 Å². The maximum absolute atomic E-state index is 12.3. The van der Waals surface area contributed by atoms with Crippen LogP contribution in [0.25, 0.3) is 0 Å². The summed E-state index contributed by atoms with van der Waals surface area (Å²) in [5.74, 6) is -0.931. The molecule has 0 aromatic heterocycles. The van der Waals surface area contributed by atoms with Gasteiger partial charge in [0.2, 0.25) is 5.91 Å². The van der Waals surface area contributed by atoms with Gasteiger partial charge in [-0.25, -0.2) is 0 Å². The predicted octanol–water partition coefficient (Wildman–Crippen LogP) is 3.88. The van der Waals surface area contributed by atoms with E-state index in [1.54, 1.807) is 25.1 Å². The molecule has 2 aromatic carbocycles. The van der Waals surface area contributed by atoms with E-state index in [2.05, 4.69) is 11.4 Å². The molecule has 1 aliphatic rings. The van der Waals surface area contributed by atoms with Crippen LogP contribution in [0.15, 0.2) is 41.3 Å². The Bertz CT molecular complexity index is 922. The van der Waals surface area contributed by atoms with Crippen LogP contribution in [0.1, 0.15) is 39.9 Å². The molecule has 1 heterocycles. The van der Waals surface area contributed by atoms with Crippen LogP contribution >= 0.6 is 11.8 Å². The van der Waals surface area contributed by atoms with Crippen LogP contribution in [0, 0.1) is 13.8 Å². The summed E-state index contributed by atoms with van der Waals surface area (Å²) in [7, 11) is 0. The molecular weight excluding hydrogens is 362 g/mol. The monoisotopic (exact) mass is 383 g/mol. The smallest absolute Gasteiger partial charge is 0.316 e. The Balaban J connectivity index is 1.53. The van der Waals surface area contributed by atoms with Crippen LogP contribution in [-0.4, -0.2) is 30.0 Å². The van der Waals surface area contributed by atoms with Crippen molar-refractivity contribution in [3.8, 4) is 0 Å². The number of esters is 1. The van der Waals surface area contributed by atoms with Crippen molar-refractivity contribution in [2.45, 2.75) is 31.6 Å². The number of Topliss-reactive ketones (excluding diaryl/α,β-unsaturated/α-hetero) is 1. The minimum absolute atomic E-state index is 0.0792. The molecule has 1 aliphatic heterocycles. The molecule has 0 radical (unpaired) electrons. The molecule has 1 N–H and O–H groups in total. The molecule has 140 valence electrons. The molecule has 0 saturated heterocycles. The minimum Gasteiger partial charge on any atom is -0.457 e. The van der Waals surface area contributed by atoms with Crippen molar-refractivity contribution in [1.82, 2.24) is 0 Å². The third-order valence-electron chi connectivity index (χ3n) is 4.53.